The molecule has 16 heavy (non-hydrogen) atoms. The van der Waals surface area contributed by atoms with E-state index in [4.69, 9.17) is 0 Å². The first-order chi connectivity index (χ1) is 7.84. The zero-order valence-corrected chi connectivity index (χ0v) is 10.2. The van der Waals surface area contributed by atoms with E-state index in [1.54, 1.807) is 11.1 Å². The number of aryl methyl sites for hydroxylation is 1. The topological polar surface area (TPSA) is 3.24 Å². The van der Waals surface area contributed by atoms with Crippen molar-refractivity contribution in [1.29, 1.82) is 0 Å². The monoisotopic (exact) mass is 215 g/mol. The lowest BCUT2D eigenvalue weighted by molar-refractivity contribution is 0.213. The van der Waals surface area contributed by atoms with Crippen LogP contribution in [-0.2, 0) is 6.42 Å². The SMILES string of the molecule is CN(CC1CC1)[C@H]1CCCc2ccccc21. The largest absolute Gasteiger partial charge is 0.299 e. The molecule has 3 rings (SSSR count). The molecule has 0 spiro atoms. The summed E-state index contributed by atoms with van der Waals surface area (Å²) in [5.41, 5.74) is 3.18. The Morgan fingerprint density at radius 3 is 2.81 bits per heavy atom. The molecule has 0 heterocycles. The highest BCUT2D eigenvalue weighted by molar-refractivity contribution is 5.32. The van der Waals surface area contributed by atoms with Gasteiger partial charge in [-0.15, -0.1) is 0 Å². The third kappa shape index (κ3) is 2.01. The smallest absolute Gasteiger partial charge is 0.0348 e. The number of benzene rings is 1. The first kappa shape index (κ1) is 10.3. The molecule has 1 saturated carbocycles. The Labute approximate surface area is 98.5 Å². The van der Waals surface area contributed by atoms with Crippen LogP contribution in [0.25, 0.3) is 0 Å². The van der Waals surface area contributed by atoms with Crippen molar-refractivity contribution in [1.82, 2.24) is 4.90 Å². The van der Waals surface area contributed by atoms with Gasteiger partial charge in [0.15, 0.2) is 0 Å². The van der Waals surface area contributed by atoms with Crippen molar-refractivity contribution in [2.75, 3.05) is 13.6 Å². The van der Waals surface area contributed by atoms with Gasteiger partial charge < -0.3 is 0 Å². The molecule has 2 aliphatic carbocycles. The van der Waals surface area contributed by atoms with E-state index in [0.717, 1.165) is 5.92 Å². The van der Waals surface area contributed by atoms with Crippen LogP contribution in [-0.4, -0.2) is 18.5 Å². The van der Waals surface area contributed by atoms with Crippen molar-refractivity contribution in [2.45, 2.75) is 38.1 Å². The van der Waals surface area contributed by atoms with Gasteiger partial charge >= 0.3 is 0 Å². The Hall–Kier alpha value is -0.820. The van der Waals surface area contributed by atoms with Gasteiger partial charge in [-0.2, -0.15) is 0 Å². The second-order valence-electron chi connectivity index (χ2n) is 5.49. The number of rotatable bonds is 3. The van der Waals surface area contributed by atoms with Crippen molar-refractivity contribution in [3.8, 4) is 0 Å². The van der Waals surface area contributed by atoms with Crippen LogP contribution in [0.5, 0.6) is 0 Å². The fraction of sp³-hybridized carbons (Fsp3) is 0.600. The van der Waals surface area contributed by atoms with Crippen molar-refractivity contribution < 1.29 is 0 Å². The molecule has 0 radical (unpaired) electrons. The Balaban J connectivity index is 1.80. The van der Waals surface area contributed by atoms with Crippen molar-refractivity contribution in [2.24, 2.45) is 5.92 Å². The van der Waals surface area contributed by atoms with Gasteiger partial charge in [-0.05, 0) is 56.2 Å². The van der Waals surface area contributed by atoms with Crippen molar-refractivity contribution in [3.05, 3.63) is 35.4 Å². The minimum absolute atomic E-state index is 0.686. The second-order valence-corrected chi connectivity index (χ2v) is 5.49. The molecule has 1 aromatic rings. The zero-order valence-electron chi connectivity index (χ0n) is 10.2. The molecule has 1 aromatic carbocycles. The Morgan fingerprint density at radius 2 is 2.00 bits per heavy atom. The minimum atomic E-state index is 0.686. The van der Waals surface area contributed by atoms with Crippen molar-refractivity contribution in [3.63, 3.8) is 0 Å². The highest BCUT2D eigenvalue weighted by Gasteiger charge is 2.28. The molecule has 0 bridgehead atoms. The molecule has 86 valence electrons. The quantitative estimate of drug-likeness (QED) is 0.747. The van der Waals surface area contributed by atoms with E-state index in [2.05, 4.69) is 36.2 Å². The molecule has 1 nitrogen and oxygen atoms in total. The van der Waals surface area contributed by atoms with Gasteiger partial charge in [-0.3, -0.25) is 4.90 Å². The number of nitrogens with zero attached hydrogens (tertiary/aromatic N) is 1. The predicted molar refractivity (Wildman–Crippen MR) is 67.5 cm³/mol. The molecule has 0 aromatic heterocycles. The summed E-state index contributed by atoms with van der Waals surface area (Å²) in [5.74, 6) is 0.999. The second kappa shape index (κ2) is 4.21. The van der Waals surface area contributed by atoms with E-state index in [1.807, 2.05) is 0 Å². The van der Waals surface area contributed by atoms with Crippen LogP contribution >= 0.6 is 0 Å². The molecule has 0 saturated heterocycles. The summed E-state index contributed by atoms with van der Waals surface area (Å²) in [7, 11) is 2.31. The molecule has 0 N–H and O–H groups in total. The third-order valence-corrected chi connectivity index (χ3v) is 4.11. The van der Waals surface area contributed by atoms with Gasteiger partial charge in [-0.25, -0.2) is 0 Å². The van der Waals surface area contributed by atoms with Gasteiger partial charge in [0, 0.05) is 12.6 Å². The molecule has 1 fully saturated rings. The lowest BCUT2D eigenvalue weighted by Crippen LogP contribution is -2.29. The summed E-state index contributed by atoms with van der Waals surface area (Å²) in [6.07, 6.45) is 6.90. The Morgan fingerprint density at radius 1 is 1.19 bits per heavy atom. The summed E-state index contributed by atoms with van der Waals surface area (Å²) in [6, 6.07) is 9.71. The zero-order chi connectivity index (χ0) is 11.0. The van der Waals surface area contributed by atoms with E-state index >= 15 is 0 Å². The summed E-state index contributed by atoms with van der Waals surface area (Å²) in [5, 5.41) is 0. The Bertz CT molecular complexity index is 367. The summed E-state index contributed by atoms with van der Waals surface area (Å²) in [6.45, 7) is 1.30. The van der Waals surface area contributed by atoms with Gasteiger partial charge in [-0.1, -0.05) is 24.3 Å². The maximum Gasteiger partial charge on any atom is 0.0348 e. The summed E-state index contributed by atoms with van der Waals surface area (Å²) in [4.78, 5) is 2.59. The fourth-order valence-corrected chi connectivity index (χ4v) is 3.02. The van der Waals surface area contributed by atoms with Crippen LogP contribution in [0, 0.1) is 5.92 Å². The number of hydrogen-bond donors (Lipinski definition) is 0. The van der Waals surface area contributed by atoms with Crippen LogP contribution in [0.15, 0.2) is 24.3 Å². The molecule has 1 atom stereocenters. The summed E-state index contributed by atoms with van der Waals surface area (Å²) < 4.78 is 0. The van der Waals surface area contributed by atoms with Crippen LogP contribution < -0.4 is 0 Å². The molecular formula is C15H21N. The van der Waals surface area contributed by atoms with Gasteiger partial charge in [0.05, 0.1) is 0 Å². The molecule has 1 heteroatoms. The molecule has 2 aliphatic rings. The van der Waals surface area contributed by atoms with Crippen LogP contribution in [0.2, 0.25) is 0 Å². The average Bonchev–Trinajstić information content (AvgIpc) is 3.12. The van der Waals surface area contributed by atoms with Crippen molar-refractivity contribution >= 4 is 0 Å². The predicted octanol–water partition coefficient (Wildman–Crippen LogP) is 3.41. The maximum atomic E-state index is 2.59. The minimum Gasteiger partial charge on any atom is -0.299 e. The maximum absolute atomic E-state index is 2.59. The lowest BCUT2D eigenvalue weighted by Gasteiger charge is -2.33. The Kier molecular flexibility index (Phi) is 2.72. The van der Waals surface area contributed by atoms with E-state index < -0.39 is 0 Å². The average molecular weight is 215 g/mol. The molecule has 0 aliphatic heterocycles. The molecular weight excluding hydrogens is 194 g/mol. The van der Waals surface area contributed by atoms with E-state index in [-0.39, 0.29) is 0 Å². The third-order valence-electron chi connectivity index (χ3n) is 4.11. The fourth-order valence-electron chi connectivity index (χ4n) is 3.02. The van der Waals surface area contributed by atoms with E-state index in [0.29, 0.717) is 6.04 Å². The number of fused-ring (bicyclic) bond motifs is 1. The van der Waals surface area contributed by atoms with Gasteiger partial charge in [0.25, 0.3) is 0 Å². The van der Waals surface area contributed by atoms with E-state index in [1.165, 1.54) is 38.6 Å². The first-order valence-corrected chi connectivity index (χ1v) is 6.62. The molecule has 0 unspecified atom stereocenters. The van der Waals surface area contributed by atoms with Crippen LogP contribution in [0.3, 0.4) is 0 Å². The normalized spacial score (nSPS) is 24.5. The highest BCUT2D eigenvalue weighted by Crippen LogP contribution is 2.37. The first-order valence-electron chi connectivity index (χ1n) is 6.62. The lowest BCUT2D eigenvalue weighted by atomic mass is 9.87. The summed E-state index contributed by atoms with van der Waals surface area (Å²) >= 11 is 0. The van der Waals surface area contributed by atoms with Crippen LogP contribution in [0.4, 0.5) is 0 Å². The van der Waals surface area contributed by atoms with Crippen LogP contribution in [0.1, 0.15) is 42.9 Å². The number of hydrogen-bond acceptors (Lipinski definition) is 1. The highest BCUT2D eigenvalue weighted by atomic mass is 15.1. The molecule has 0 amide bonds. The van der Waals surface area contributed by atoms with E-state index in [9.17, 15) is 0 Å². The van der Waals surface area contributed by atoms with Gasteiger partial charge in [0.2, 0.25) is 0 Å². The standard InChI is InChI=1S/C15H21N/c1-16(11-12-9-10-12)15-8-4-6-13-5-2-3-7-14(13)15/h2-3,5,7,12,15H,4,6,8-11H2,1H3/t15-/m0/s1. The van der Waals surface area contributed by atoms with Gasteiger partial charge in [0.1, 0.15) is 0 Å².